The summed E-state index contributed by atoms with van der Waals surface area (Å²) in [5.41, 5.74) is 1.08. The van der Waals surface area contributed by atoms with Crippen molar-refractivity contribution in [3.63, 3.8) is 0 Å². The first-order chi connectivity index (χ1) is 11.6. The second-order valence-corrected chi connectivity index (χ2v) is 6.17. The minimum atomic E-state index is 0. The molecule has 0 unspecified atom stereocenters. The van der Waals surface area contributed by atoms with E-state index in [4.69, 9.17) is 0 Å². The summed E-state index contributed by atoms with van der Waals surface area (Å²) in [6, 6.07) is 4.06. The van der Waals surface area contributed by atoms with Crippen LogP contribution < -0.4 is 10.6 Å². The first kappa shape index (κ1) is 21.4. The molecule has 0 aromatic carbocycles. The van der Waals surface area contributed by atoms with Crippen LogP contribution in [0.2, 0.25) is 0 Å². The minimum Gasteiger partial charge on any atom is -0.357 e. The van der Waals surface area contributed by atoms with Gasteiger partial charge in [-0.1, -0.05) is 19.9 Å². The first-order valence-corrected chi connectivity index (χ1v) is 8.57. The van der Waals surface area contributed by atoms with E-state index in [1.165, 1.54) is 0 Å². The molecule has 0 spiro atoms. The highest BCUT2D eigenvalue weighted by molar-refractivity contribution is 14.0. The maximum Gasteiger partial charge on any atom is 0.191 e. The van der Waals surface area contributed by atoms with Crippen LogP contribution in [-0.2, 0) is 6.54 Å². The molecule has 2 N–H and O–H groups in total. The Bertz CT molecular complexity index is 648. The molecule has 2 rings (SSSR count). The number of pyridine rings is 1. The van der Waals surface area contributed by atoms with Crippen LogP contribution in [0.5, 0.6) is 0 Å². The van der Waals surface area contributed by atoms with Gasteiger partial charge >= 0.3 is 0 Å². The van der Waals surface area contributed by atoms with Crippen LogP contribution in [0.25, 0.3) is 5.82 Å². The van der Waals surface area contributed by atoms with Crippen LogP contribution in [0.3, 0.4) is 0 Å². The zero-order valence-corrected chi connectivity index (χ0v) is 17.8. The monoisotopic (exact) mass is 456 g/mol. The Hall–Kier alpha value is -1.64. The van der Waals surface area contributed by atoms with Crippen LogP contribution in [-0.4, -0.2) is 33.6 Å². The van der Waals surface area contributed by atoms with Crippen molar-refractivity contribution in [1.29, 1.82) is 0 Å². The third-order valence-corrected chi connectivity index (χ3v) is 3.66. The fourth-order valence-electron chi connectivity index (χ4n) is 2.26. The highest BCUT2D eigenvalue weighted by Crippen LogP contribution is 2.09. The zero-order chi connectivity index (χ0) is 17.4. The average molecular weight is 456 g/mol. The average Bonchev–Trinajstić information content (AvgIpc) is 2.99. The predicted molar refractivity (Wildman–Crippen MR) is 114 cm³/mol. The smallest absolute Gasteiger partial charge is 0.191 e. The van der Waals surface area contributed by atoms with Gasteiger partial charge in [0.1, 0.15) is 11.6 Å². The molecule has 0 saturated heterocycles. The maximum atomic E-state index is 4.63. The molecule has 2 heterocycles. The van der Waals surface area contributed by atoms with Crippen molar-refractivity contribution in [2.45, 2.75) is 40.7 Å². The maximum absolute atomic E-state index is 4.63. The lowest BCUT2D eigenvalue weighted by atomic mass is 10.1. The lowest BCUT2D eigenvalue weighted by Gasteiger charge is -2.12. The van der Waals surface area contributed by atoms with Gasteiger partial charge in [0.2, 0.25) is 0 Å². The van der Waals surface area contributed by atoms with Crippen molar-refractivity contribution in [3.05, 3.63) is 42.1 Å². The first-order valence-electron chi connectivity index (χ1n) is 8.57. The third kappa shape index (κ3) is 7.01. The molecule has 0 fully saturated rings. The summed E-state index contributed by atoms with van der Waals surface area (Å²) in [5.74, 6) is 3.34. The van der Waals surface area contributed by atoms with E-state index >= 15 is 0 Å². The molecule has 0 saturated carbocycles. The van der Waals surface area contributed by atoms with Gasteiger partial charge in [0, 0.05) is 31.7 Å². The summed E-state index contributed by atoms with van der Waals surface area (Å²) in [6.45, 7) is 10.9. The van der Waals surface area contributed by atoms with E-state index in [0.717, 1.165) is 42.7 Å². The van der Waals surface area contributed by atoms with Crippen molar-refractivity contribution in [3.8, 4) is 5.82 Å². The molecule has 0 aliphatic carbocycles. The molecular formula is C18H29IN6. The van der Waals surface area contributed by atoms with Gasteiger partial charge in [-0.3, -0.25) is 4.57 Å². The highest BCUT2D eigenvalue weighted by atomic mass is 127. The van der Waals surface area contributed by atoms with Gasteiger partial charge in [-0.15, -0.1) is 24.0 Å². The molecule has 25 heavy (non-hydrogen) atoms. The predicted octanol–water partition coefficient (Wildman–Crippen LogP) is 3.29. The van der Waals surface area contributed by atoms with E-state index in [9.17, 15) is 0 Å². The molecule has 0 radical (unpaired) electrons. The van der Waals surface area contributed by atoms with Crippen molar-refractivity contribution in [2.24, 2.45) is 10.9 Å². The molecular weight excluding hydrogens is 427 g/mol. The normalized spacial score (nSPS) is 11.3. The van der Waals surface area contributed by atoms with Gasteiger partial charge in [0.15, 0.2) is 5.96 Å². The number of aromatic nitrogens is 3. The molecule has 6 nitrogen and oxygen atoms in total. The van der Waals surface area contributed by atoms with Gasteiger partial charge in [-0.05, 0) is 37.8 Å². The van der Waals surface area contributed by atoms with Gasteiger partial charge in [0.25, 0.3) is 0 Å². The second kappa shape index (κ2) is 11.1. The van der Waals surface area contributed by atoms with Crippen LogP contribution in [0, 0.1) is 12.8 Å². The molecule has 0 aliphatic rings. The zero-order valence-electron chi connectivity index (χ0n) is 15.5. The number of hydrogen-bond donors (Lipinski definition) is 2. The SMILES string of the molecule is CCNC(=NCc1ccc(-n2ccnc2C)nc1)NCCC(C)C.I. The van der Waals surface area contributed by atoms with Crippen LogP contribution in [0.4, 0.5) is 0 Å². The lowest BCUT2D eigenvalue weighted by molar-refractivity contribution is 0.573. The Kier molecular flexibility index (Phi) is 9.48. The van der Waals surface area contributed by atoms with Crippen LogP contribution >= 0.6 is 24.0 Å². The van der Waals surface area contributed by atoms with Crippen LogP contribution in [0.1, 0.15) is 38.6 Å². The largest absolute Gasteiger partial charge is 0.357 e. The number of aryl methyl sites for hydroxylation is 1. The van der Waals surface area contributed by atoms with Crippen molar-refractivity contribution >= 4 is 29.9 Å². The number of hydrogen-bond acceptors (Lipinski definition) is 3. The fourth-order valence-corrected chi connectivity index (χ4v) is 2.26. The molecule has 0 bridgehead atoms. The van der Waals surface area contributed by atoms with E-state index in [1.54, 1.807) is 6.20 Å². The molecule has 2 aromatic heterocycles. The number of nitrogens with one attached hydrogen (secondary N) is 2. The summed E-state index contributed by atoms with van der Waals surface area (Å²) in [4.78, 5) is 13.4. The molecule has 0 amide bonds. The van der Waals surface area contributed by atoms with E-state index < -0.39 is 0 Å². The fraction of sp³-hybridized carbons (Fsp3) is 0.500. The molecule has 7 heteroatoms. The van der Waals surface area contributed by atoms with E-state index in [-0.39, 0.29) is 24.0 Å². The number of nitrogens with zero attached hydrogens (tertiary/aromatic N) is 4. The highest BCUT2D eigenvalue weighted by Gasteiger charge is 2.03. The molecule has 138 valence electrons. The minimum absolute atomic E-state index is 0. The molecule has 2 aromatic rings. The van der Waals surface area contributed by atoms with Gasteiger partial charge in [0.05, 0.1) is 6.54 Å². The molecule has 0 aliphatic heterocycles. The van der Waals surface area contributed by atoms with Gasteiger partial charge in [-0.2, -0.15) is 0 Å². The number of guanidine groups is 1. The Balaban J connectivity index is 0.00000312. The number of rotatable bonds is 7. The summed E-state index contributed by atoms with van der Waals surface area (Å²) in [5, 5.41) is 6.64. The van der Waals surface area contributed by atoms with Gasteiger partial charge in [-0.25, -0.2) is 15.0 Å². The third-order valence-electron chi connectivity index (χ3n) is 3.66. The number of halogens is 1. The number of aliphatic imine (C=N–C) groups is 1. The molecule has 0 atom stereocenters. The van der Waals surface area contributed by atoms with E-state index in [0.29, 0.717) is 12.5 Å². The van der Waals surface area contributed by atoms with E-state index in [2.05, 4.69) is 52.4 Å². The summed E-state index contributed by atoms with van der Waals surface area (Å²) in [7, 11) is 0. The van der Waals surface area contributed by atoms with Crippen molar-refractivity contribution in [1.82, 2.24) is 25.2 Å². The summed E-state index contributed by atoms with van der Waals surface area (Å²) < 4.78 is 1.96. The summed E-state index contributed by atoms with van der Waals surface area (Å²) in [6.07, 6.45) is 6.69. The van der Waals surface area contributed by atoms with Crippen molar-refractivity contribution in [2.75, 3.05) is 13.1 Å². The Morgan fingerprint density at radius 2 is 2.04 bits per heavy atom. The standard InChI is InChI=1S/C18H28N6.HI/c1-5-19-18(21-9-8-14(2)3)23-13-16-6-7-17(22-12-16)24-11-10-20-15(24)4;/h6-7,10-12,14H,5,8-9,13H2,1-4H3,(H2,19,21,23);1H. The second-order valence-electron chi connectivity index (χ2n) is 6.17. The quantitative estimate of drug-likeness (QED) is 0.381. The topological polar surface area (TPSA) is 67.1 Å². The van der Waals surface area contributed by atoms with Crippen LogP contribution in [0.15, 0.2) is 35.7 Å². The number of imidazole rings is 1. The summed E-state index contributed by atoms with van der Waals surface area (Å²) >= 11 is 0. The Morgan fingerprint density at radius 1 is 1.24 bits per heavy atom. The Morgan fingerprint density at radius 3 is 2.60 bits per heavy atom. The lowest BCUT2D eigenvalue weighted by Crippen LogP contribution is -2.38. The van der Waals surface area contributed by atoms with E-state index in [1.807, 2.05) is 30.0 Å². The Labute approximate surface area is 167 Å². The van der Waals surface area contributed by atoms with Gasteiger partial charge < -0.3 is 10.6 Å². The van der Waals surface area contributed by atoms with Crippen molar-refractivity contribution < 1.29 is 0 Å².